The van der Waals surface area contributed by atoms with Crippen LogP contribution in [0.25, 0.3) is 10.8 Å². The van der Waals surface area contributed by atoms with Crippen molar-refractivity contribution in [3.05, 3.63) is 114 Å². The van der Waals surface area contributed by atoms with E-state index < -0.39 is 35.0 Å². The Bertz CT molecular complexity index is 2070. The fraction of sp³-hybridized carbons (Fsp3) is 0.256. The van der Waals surface area contributed by atoms with E-state index in [1.807, 2.05) is 49.4 Å². The van der Waals surface area contributed by atoms with Gasteiger partial charge in [-0.05, 0) is 86.0 Å². The molecule has 4 amide bonds. The third-order valence-electron chi connectivity index (χ3n) is 11.1. The van der Waals surface area contributed by atoms with Crippen LogP contribution in [-0.2, 0) is 19.2 Å². The van der Waals surface area contributed by atoms with E-state index in [-0.39, 0.29) is 41.6 Å². The van der Waals surface area contributed by atoms with Crippen molar-refractivity contribution in [2.45, 2.75) is 32.6 Å². The van der Waals surface area contributed by atoms with Crippen LogP contribution in [0.5, 0.6) is 5.75 Å². The van der Waals surface area contributed by atoms with Crippen LogP contribution < -0.4 is 9.80 Å². The number of para-hydroxylation sites is 1. The molecular weight excluding hydrogens is 592 g/mol. The highest BCUT2D eigenvalue weighted by atomic mass is 16.3. The van der Waals surface area contributed by atoms with Gasteiger partial charge in [-0.15, -0.1) is 0 Å². The molecule has 4 aromatic carbocycles. The highest BCUT2D eigenvalue weighted by Gasteiger charge is 2.67. The largest absolute Gasteiger partial charge is 0.507 e. The summed E-state index contributed by atoms with van der Waals surface area (Å²) in [7, 11) is 0. The number of carbonyl (C=O) groups is 5. The topological polar surface area (TPSA) is 112 Å². The van der Waals surface area contributed by atoms with E-state index in [0.717, 1.165) is 16.5 Å². The van der Waals surface area contributed by atoms with Crippen molar-refractivity contribution in [3.8, 4) is 5.75 Å². The van der Waals surface area contributed by atoms with Crippen molar-refractivity contribution in [1.82, 2.24) is 0 Å². The van der Waals surface area contributed by atoms with Gasteiger partial charge in [0.2, 0.25) is 23.6 Å². The minimum Gasteiger partial charge on any atom is -0.507 e. The second-order valence-electron chi connectivity index (χ2n) is 13.3. The maximum atomic E-state index is 14.7. The molecule has 8 nitrogen and oxygen atoms in total. The fourth-order valence-corrected chi connectivity index (χ4v) is 8.84. The summed E-state index contributed by atoms with van der Waals surface area (Å²) >= 11 is 0. The van der Waals surface area contributed by atoms with Crippen molar-refractivity contribution >= 4 is 51.6 Å². The minimum atomic E-state index is -1.18. The SMILES string of the molecule is CC(=O)c1ccc(N2C(=O)C3CC=C4C(CC5C(=O)N(c6ccccc6)C(=O)C5(C)C4c4ccc(O)c5ccccc45)C3C2=O)cc1. The van der Waals surface area contributed by atoms with Gasteiger partial charge in [0.1, 0.15) is 5.75 Å². The molecule has 8 heteroatoms. The monoisotopic (exact) mass is 624 g/mol. The number of benzene rings is 4. The molecule has 2 saturated heterocycles. The summed E-state index contributed by atoms with van der Waals surface area (Å²) in [6.07, 6.45) is 2.59. The molecule has 2 heterocycles. The van der Waals surface area contributed by atoms with Crippen LogP contribution in [0, 0.1) is 29.1 Å². The normalized spacial score (nSPS) is 28.3. The van der Waals surface area contributed by atoms with Crippen LogP contribution in [0.3, 0.4) is 0 Å². The van der Waals surface area contributed by atoms with Crippen LogP contribution in [0.1, 0.15) is 48.5 Å². The smallest absolute Gasteiger partial charge is 0.241 e. The molecule has 1 N–H and O–H groups in total. The predicted octanol–water partition coefficient (Wildman–Crippen LogP) is 6.18. The van der Waals surface area contributed by atoms with Gasteiger partial charge >= 0.3 is 0 Å². The molecule has 2 aliphatic heterocycles. The molecule has 0 bridgehead atoms. The molecular formula is C39H32N2O6. The van der Waals surface area contributed by atoms with E-state index >= 15 is 0 Å². The van der Waals surface area contributed by atoms with E-state index in [4.69, 9.17) is 0 Å². The van der Waals surface area contributed by atoms with E-state index in [1.54, 1.807) is 54.6 Å². The molecule has 2 aliphatic carbocycles. The van der Waals surface area contributed by atoms with E-state index in [1.165, 1.54) is 16.7 Å². The molecule has 1 saturated carbocycles. The Hall–Kier alpha value is -5.37. The molecule has 4 aliphatic rings. The van der Waals surface area contributed by atoms with Crippen LogP contribution in [0.15, 0.2) is 103 Å². The molecule has 234 valence electrons. The number of amides is 4. The Labute approximate surface area is 271 Å². The quantitative estimate of drug-likeness (QED) is 0.165. The van der Waals surface area contributed by atoms with Gasteiger partial charge in [0.05, 0.1) is 34.5 Å². The number of aromatic hydroxyl groups is 1. The van der Waals surface area contributed by atoms with Crippen LogP contribution in [0.2, 0.25) is 0 Å². The highest BCUT2D eigenvalue weighted by Crippen LogP contribution is 2.64. The maximum Gasteiger partial charge on any atom is 0.241 e. The van der Waals surface area contributed by atoms with Gasteiger partial charge in [-0.2, -0.15) is 0 Å². The first-order valence-electron chi connectivity index (χ1n) is 16.0. The zero-order chi connectivity index (χ0) is 32.8. The highest BCUT2D eigenvalue weighted by molar-refractivity contribution is 6.25. The van der Waals surface area contributed by atoms with Gasteiger partial charge in [-0.1, -0.05) is 60.2 Å². The van der Waals surface area contributed by atoms with E-state index in [2.05, 4.69) is 0 Å². The van der Waals surface area contributed by atoms with Gasteiger partial charge in [0.15, 0.2) is 5.78 Å². The zero-order valence-electron chi connectivity index (χ0n) is 25.9. The van der Waals surface area contributed by atoms with Gasteiger partial charge < -0.3 is 5.11 Å². The lowest BCUT2D eigenvalue weighted by Gasteiger charge is -2.49. The summed E-state index contributed by atoms with van der Waals surface area (Å²) in [5, 5.41) is 12.2. The van der Waals surface area contributed by atoms with Crippen molar-refractivity contribution in [2.75, 3.05) is 9.80 Å². The summed E-state index contributed by atoms with van der Waals surface area (Å²) in [4.78, 5) is 71.7. The number of hydrogen-bond acceptors (Lipinski definition) is 6. The number of rotatable bonds is 4. The number of phenolic OH excluding ortho intramolecular Hbond substituents is 1. The lowest BCUT2D eigenvalue weighted by molar-refractivity contribution is -0.131. The number of carbonyl (C=O) groups excluding carboxylic acids is 5. The van der Waals surface area contributed by atoms with Gasteiger partial charge in [0.25, 0.3) is 0 Å². The lowest BCUT2D eigenvalue weighted by Crippen LogP contribution is -2.49. The Morgan fingerprint density at radius 3 is 2.11 bits per heavy atom. The summed E-state index contributed by atoms with van der Waals surface area (Å²) in [6.45, 7) is 3.32. The number of imide groups is 2. The number of ketones is 1. The number of nitrogens with zero attached hydrogens (tertiary/aromatic N) is 2. The third-order valence-corrected chi connectivity index (χ3v) is 11.1. The van der Waals surface area contributed by atoms with Crippen LogP contribution in [-0.4, -0.2) is 34.5 Å². The Balaban J connectivity index is 1.29. The summed E-state index contributed by atoms with van der Waals surface area (Å²) < 4.78 is 0. The molecule has 3 fully saturated rings. The average molecular weight is 625 g/mol. The number of allylic oxidation sites excluding steroid dienone is 2. The molecule has 0 spiro atoms. The van der Waals surface area contributed by atoms with E-state index in [9.17, 15) is 29.1 Å². The molecule has 6 atom stereocenters. The Kier molecular flexibility index (Phi) is 6.38. The Morgan fingerprint density at radius 1 is 0.745 bits per heavy atom. The first-order chi connectivity index (χ1) is 22.6. The second kappa shape index (κ2) is 10.3. The number of hydrogen-bond donors (Lipinski definition) is 1. The fourth-order valence-electron chi connectivity index (χ4n) is 8.84. The van der Waals surface area contributed by atoms with Gasteiger partial charge in [-0.25, -0.2) is 4.90 Å². The number of anilines is 2. The van der Waals surface area contributed by atoms with Crippen molar-refractivity contribution in [1.29, 1.82) is 0 Å². The predicted molar refractivity (Wildman–Crippen MR) is 176 cm³/mol. The maximum absolute atomic E-state index is 14.7. The first-order valence-corrected chi connectivity index (χ1v) is 16.0. The molecule has 47 heavy (non-hydrogen) atoms. The minimum absolute atomic E-state index is 0.110. The lowest BCUT2D eigenvalue weighted by atomic mass is 9.51. The molecule has 4 aromatic rings. The van der Waals surface area contributed by atoms with Crippen LogP contribution in [0.4, 0.5) is 11.4 Å². The number of phenols is 1. The first kappa shape index (κ1) is 29.1. The molecule has 0 aromatic heterocycles. The van der Waals surface area contributed by atoms with E-state index in [0.29, 0.717) is 28.7 Å². The standard InChI is InChI=1S/C39H32N2O6/c1-21(42)22-12-14-24(15-13-22)40-35(44)29-17-16-28-30(33(29)37(40)46)20-31-36(45)41(23-8-4-3-5-9-23)38(47)39(31,2)34(28)27-18-19-32(43)26-11-7-6-10-25(26)27/h3-16,18-19,29-31,33-34,43H,17,20H2,1-2H3. The summed E-state index contributed by atoms with van der Waals surface area (Å²) in [5.74, 6) is -4.37. The molecule has 8 rings (SSSR count). The molecule has 6 unspecified atom stereocenters. The van der Waals surface area contributed by atoms with Crippen LogP contribution >= 0.6 is 0 Å². The van der Waals surface area contributed by atoms with Gasteiger partial charge in [-0.3, -0.25) is 28.9 Å². The van der Waals surface area contributed by atoms with Crippen molar-refractivity contribution in [2.24, 2.45) is 29.1 Å². The average Bonchev–Trinajstić information content (AvgIpc) is 3.45. The molecule has 0 radical (unpaired) electrons. The number of fused-ring (bicyclic) bond motifs is 5. The van der Waals surface area contributed by atoms with Gasteiger partial charge in [0, 0.05) is 16.9 Å². The Morgan fingerprint density at radius 2 is 1.40 bits per heavy atom. The summed E-state index contributed by atoms with van der Waals surface area (Å²) in [6, 6.07) is 26.3. The summed E-state index contributed by atoms with van der Waals surface area (Å²) in [5.41, 5.74) is 1.88. The second-order valence-corrected chi connectivity index (χ2v) is 13.3. The zero-order valence-corrected chi connectivity index (χ0v) is 25.9. The third kappa shape index (κ3) is 3.97. The van der Waals surface area contributed by atoms with Crippen molar-refractivity contribution < 1.29 is 29.1 Å². The van der Waals surface area contributed by atoms with Crippen molar-refractivity contribution in [3.63, 3.8) is 0 Å². The number of Topliss-reactive ketones (excluding diaryl/α,β-unsaturated/α-hetero) is 1.